The van der Waals surface area contributed by atoms with Crippen LogP contribution in [-0.4, -0.2) is 20.7 Å². The molecule has 1 aromatic carbocycles. The molecule has 0 spiro atoms. The van der Waals surface area contributed by atoms with E-state index in [4.69, 9.17) is 0 Å². The van der Waals surface area contributed by atoms with Crippen LogP contribution in [0.25, 0.3) is 0 Å². The van der Waals surface area contributed by atoms with E-state index in [1.807, 2.05) is 6.92 Å². The van der Waals surface area contributed by atoms with Gasteiger partial charge in [-0.1, -0.05) is 6.07 Å². The van der Waals surface area contributed by atoms with Gasteiger partial charge in [-0.3, -0.25) is 0 Å². The summed E-state index contributed by atoms with van der Waals surface area (Å²) >= 11 is 3.13. The second-order valence-corrected chi connectivity index (χ2v) is 7.95. The van der Waals surface area contributed by atoms with Crippen LogP contribution in [0.1, 0.15) is 25.8 Å². The van der Waals surface area contributed by atoms with Crippen molar-refractivity contribution in [2.24, 2.45) is 0 Å². The van der Waals surface area contributed by atoms with E-state index in [2.05, 4.69) is 0 Å². The molecule has 1 saturated heterocycles. The van der Waals surface area contributed by atoms with Gasteiger partial charge in [0.15, 0.2) is 0 Å². The number of hydrogen-bond donors (Lipinski definition) is 1. The first kappa shape index (κ1) is 14.2. The third kappa shape index (κ3) is 2.28. The summed E-state index contributed by atoms with van der Waals surface area (Å²) in [6.45, 7) is 3.35. The van der Waals surface area contributed by atoms with Crippen molar-refractivity contribution in [2.45, 2.75) is 29.9 Å². The predicted octanol–water partition coefficient (Wildman–Crippen LogP) is 3.76. The fraction of sp³-hybridized carbons (Fsp3) is 0.538. The topological polar surface area (TPSA) is 20.2 Å². The first-order valence-electron chi connectivity index (χ1n) is 5.83. The van der Waals surface area contributed by atoms with Gasteiger partial charge < -0.3 is 5.11 Å². The summed E-state index contributed by atoms with van der Waals surface area (Å²) < 4.78 is 27.1. The highest BCUT2D eigenvalue weighted by atomic mass is 32.2. The van der Waals surface area contributed by atoms with Gasteiger partial charge in [0.05, 0.1) is 9.64 Å². The third-order valence-corrected chi connectivity index (χ3v) is 6.97. The Morgan fingerprint density at radius 1 is 1.22 bits per heavy atom. The molecule has 1 aliphatic heterocycles. The van der Waals surface area contributed by atoms with Gasteiger partial charge in [-0.25, -0.2) is 8.78 Å². The van der Waals surface area contributed by atoms with Gasteiger partial charge in [0.25, 0.3) is 0 Å². The summed E-state index contributed by atoms with van der Waals surface area (Å²) in [5, 5.41) is 10.7. The van der Waals surface area contributed by atoms with Crippen LogP contribution >= 0.6 is 23.5 Å². The Balaban J connectivity index is 2.46. The van der Waals surface area contributed by atoms with E-state index in [1.54, 1.807) is 23.5 Å². The largest absolute Gasteiger partial charge is 0.383 e. The molecular weight excluding hydrogens is 274 g/mol. The lowest BCUT2D eigenvalue weighted by molar-refractivity contribution is 0.0411. The Labute approximate surface area is 114 Å². The van der Waals surface area contributed by atoms with Crippen LogP contribution in [0.2, 0.25) is 0 Å². The van der Waals surface area contributed by atoms with Crippen LogP contribution in [0.15, 0.2) is 18.2 Å². The predicted molar refractivity (Wildman–Crippen MR) is 73.9 cm³/mol. The molecule has 1 aromatic rings. The molecule has 1 nitrogen and oxygen atoms in total. The van der Waals surface area contributed by atoms with Crippen LogP contribution < -0.4 is 0 Å². The molecular formula is C13H16F2OS2. The second kappa shape index (κ2) is 5.02. The summed E-state index contributed by atoms with van der Waals surface area (Å²) in [6, 6.07) is 3.69. The molecule has 1 heterocycles. The van der Waals surface area contributed by atoms with Gasteiger partial charge in [-0.2, -0.15) is 0 Å². The zero-order chi connectivity index (χ0) is 13.4. The van der Waals surface area contributed by atoms with Crippen LogP contribution in [0.4, 0.5) is 8.78 Å². The molecule has 5 heteroatoms. The van der Waals surface area contributed by atoms with Gasteiger partial charge >= 0.3 is 0 Å². The molecule has 2 rings (SSSR count). The van der Waals surface area contributed by atoms with Crippen molar-refractivity contribution >= 4 is 23.5 Å². The minimum Gasteiger partial charge on any atom is -0.383 e. The molecule has 0 amide bonds. The second-order valence-electron chi connectivity index (χ2n) is 4.67. The third-order valence-electron chi connectivity index (χ3n) is 3.38. The molecule has 1 N–H and O–H groups in total. The first-order valence-corrected chi connectivity index (χ1v) is 7.80. The van der Waals surface area contributed by atoms with Gasteiger partial charge in [0, 0.05) is 0 Å². The zero-order valence-electron chi connectivity index (χ0n) is 10.4. The zero-order valence-corrected chi connectivity index (χ0v) is 12.0. The number of thioether (sulfide) groups is 2. The summed E-state index contributed by atoms with van der Waals surface area (Å²) in [7, 11) is 0. The van der Waals surface area contributed by atoms with Gasteiger partial charge in [-0.05, 0) is 43.9 Å². The van der Waals surface area contributed by atoms with E-state index < -0.39 is 21.3 Å². The van der Waals surface area contributed by atoms with Crippen molar-refractivity contribution in [1.29, 1.82) is 0 Å². The van der Waals surface area contributed by atoms with Crippen LogP contribution in [0.3, 0.4) is 0 Å². The van der Waals surface area contributed by atoms with Crippen molar-refractivity contribution in [2.75, 3.05) is 11.5 Å². The number of halogens is 2. The fourth-order valence-corrected chi connectivity index (χ4v) is 5.24. The van der Waals surface area contributed by atoms with Crippen molar-refractivity contribution < 1.29 is 13.9 Å². The molecule has 0 radical (unpaired) electrons. The van der Waals surface area contributed by atoms with Gasteiger partial charge in [0.1, 0.15) is 17.2 Å². The number of aliphatic hydroxyl groups is 1. The highest BCUT2D eigenvalue weighted by Crippen LogP contribution is 2.53. The molecule has 0 aliphatic carbocycles. The quantitative estimate of drug-likeness (QED) is 0.895. The van der Waals surface area contributed by atoms with E-state index in [-0.39, 0.29) is 5.56 Å². The summed E-state index contributed by atoms with van der Waals surface area (Å²) in [6.07, 6.45) is 1.06. The smallest absolute Gasteiger partial charge is 0.132 e. The molecule has 18 heavy (non-hydrogen) atoms. The van der Waals surface area contributed by atoms with E-state index in [9.17, 15) is 13.9 Å². The Morgan fingerprint density at radius 2 is 1.72 bits per heavy atom. The van der Waals surface area contributed by atoms with Gasteiger partial charge in [0.2, 0.25) is 0 Å². The summed E-state index contributed by atoms with van der Waals surface area (Å²) in [4.78, 5) is 0. The lowest BCUT2D eigenvalue weighted by Gasteiger charge is -2.44. The molecule has 100 valence electrons. The van der Waals surface area contributed by atoms with Crippen molar-refractivity contribution in [1.82, 2.24) is 0 Å². The van der Waals surface area contributed by atoms with Crippen molar-refractivity contribution in [3.63, 3.8) is 0 Å². The van der Waals surface area contributed by atoms with Crippen LogP contribution in [-0.2, 0) is 5.60 Å². The van der Waals surface area contributed by atoms with E-state index in [0.29, 0.717) is 0 Å². The number of hydrogen-bond acceptors (Lipinski definition) is 3. The maximum absolute atomic E-state index is 13.9. The monoisotopic (exact) mass is 290 g/mol. The highest BCUT2D eigenvalue weighted by Gasteiger charge is 2.49. The molecule has 0 saturated carbocycles. The average Bonchev–Trinajstić information content (AvgIpc) is 2.29. The maximum Gasteiger partial charge on any atom is 0.132 e. The lowest BCUT2D eigenvalue weighted by Crippen LogP contribution is -2.45. The fourth-order valence-electron chi connectivity index (χ4n) is 2.11. The minimum absolute atomic E-state index is 0.227. The molecule has 0 bridgehead atoms. The average molecular weight is 290 g/mol. The number of rotatable bonds is 2. The Bertz CT molecular complexity index is 422. The highest BCUT2D eigenvalue weighted by molar-refractivity contribution is 8.18. The molecule has 1 atom stereocenters. The Hall–Kier alpha value is -0.260. The Morgan fingerprint density at radius 3 is 2.22 bits per heavy atom. The van der Waals surface area contributed by atoms with Crippen molar-refractivity contribution in [3.8, 4) is 0 Å². The van der Waals surface area contributed by atoms with Crippen LogP contribution in [0.5, 0.6) is 0 Å². The first-order chi connectivity index (χ1) is 8.38. The molecule has 0 aromatic heterocycles. The van der Waals surface area contributed by atoms with Crippen LogP contribution in [0, 0.1) is 11.6 Å². The van der Waals surface area contributed by atoms with E-state index in [1.165, 1.54) is 25.1 Å². The van der Waals surface area contributed by atoms with E-state index >= 15 is 0 Å². The van der Waals surface area contributed by atoms with E-state index in [0.717, 1.165) is 17.9 Å². The number of benzene rings is 1. The minimum atomic E-state index is -1.54. The summed E-state index contributed by atoms with van der Waals surface area (Å²) in [5.41, 5.74) is -1.77. The molecule has 1 unspecified atom stereocenters. The maximum atomic E-state index is 13.9. The normalized spacial score (nSPS) is 22.5. The lowest BCUT2D eigenvalue weighted by atomic mass is 9.91. The molecule has 1 aliphatic rings. The standard InChI is InChI=1S/C13H16F2OS2/c1-12(16,13(2)17-7-4-8-18-13)11-9(14)5-3-6-10(11)15/h3,5-6,16H,4,7-8H2,1-2H3. The van der Waals surface area contributed by atoms with Gasteiger partial charge in [-0.15, -0.1) is 23.5 Å². The Kier molecular flexibility index (Phi) is 3.95. The molecule has 1 fully saturated rings. The SMILES string of the molecule is CC1(C(C)(O)c2c(F)cccc2F)SCCCS1. The van der Waals surface area contributed by atoms with Crippen molar-refractivity contribution in [3.05, 3.63) is 35.4 Å². The summed E-state index contributed by atoms with van der Waals surface area (Å²) in [5.74, 6) is 0.423.